The molecule has 4 nitrogen and oxygen atoms in total. The van der Waals surface area contributed by atoms with Gasteiger partial charge < -0.3 is 11.1 Å². The van der Waals surface area contributed by atoms with Crippen molar-refractivity contribution in [3.05, 3.63) is 53.3 Å². The van der Waals surface area contributed by atoms with Gasteiger partial charge in [-0.15, -0.1) is 0 Å². The average molecular weight is 353 g/mol. The fourth-order valence-corrected chi connectivity index (χ4v) is 2.01. The molecule has 1 rings (SSSR count). The van der Waals surface area contributed by atoms with Crippen molar-refractivity contribution < 1.29 is 18.0 Å². The van der Waals surface area contributed by atoms with Gasteiger partial charge in [0, 0.05) is 17.7 Å². The number of unbranched alkanes of at least 4 members (excludes halogenated alkanes) is 1. The lowest BCUT2D eigenvalue weighted by Crippen LogP contribution is -2.16. The molecule has 0 unspecified atom stereocenters. The van der Waals surface area contributed by atoms with E-state index in [0.717, 1.165) is 12.2 Å². The largest absolute Gasteiger partial charge is 0.416 e. The van der Waals surface area contributed by atoms with E-state index in [1.807, 2.05) is 0 Å². The number of carbonyl (C=O) groups excluding carboxylic acids is 1. The molecule has 0 amide bonds. The second-order valence-corrected chi connectivity index (χ2v) is 5.40. The maximum absolute atomic E-state index is 13.2. The van der Waals surface area contributed by atoms with Gasteiger partial charge in [-0.1, -0.05) is 38.5 Å². The number of Topliss-reactive ketones (excluding diaryl/α,β-unsaturated/α-hetero) is 1. The van der Waals surface area contributed by atoms with Crippen LogP contribution in [-0.2, 0) is 4.79 Å². The molecule has 0 aliphatic rings. The van der Waals surface area contributed by atoms with Crippen molar-refractivity contribution in [2.24, 2.45) is 5.73 Å². The minimum Gasteiger partial charge on any atom is -0.384 e. The normalized spacial score (nSPS) is 12.8. The van der Waals surface area contributed by atoms with E-state index in [4.69, 9.17) is 11.1 Å². The van der Waals surface area contributed by atoms with Crippen molar-refractivity contribution >= 4 is 17.3 Å². The van der Waals surface area contributed by atoms with E-state index < -0.39 is 17.5 Å². The molecule has 0 atom stereocenters. The molecule has 0 fully saturated rings. The van der Waals surface area contributed by atoms with Gasteiger partial charge in [-0.2, -0.15) is 13.2 Å². The molecule has 0 radical (unpaired) electrons. The molecule has 1 aromatic carbocycles. The highest BCUT2D eigenvalue weighted by Crippen LogP contribution is 2.29. The lowest BCUT2D eigenvalue weighted by Gasteiger charge is -2.14. The summed E-state index contributed by atoms with van der Waals surface area (Å²) >= 11 is 0. The first kappa shape index (κ1) is 20.5. The van der Waals surface area contributed by atoms with Crippen molar-refractivity contribution in [1.82, 2.24) is 0 Å². The molecular formula is C18H22F3N3O. The summed E-state index contributed by atoms with van der Waals surface area (Å²) in [6.45, 7) is 3.35. The zero-order chi connectivity index (χ0) is 19.0. The lowest BCUT2D eigenvalue weighted by molar-refractivity contribution is -0.115. The smallest absolute Gasteiger partial charge is 0.384 e. The number of rotatable bonds is 8. The fraction of sp³-hybridized carbons (Fsp3) is 0.333. The summed E-state index contributed by atoms with van der Waals surface area (Å²) in [5.74, 6) is -0.616. The van der Waals surface area contributed by atoms with E-state index in [0.29, 0.717) is 17.7 Å². The van der Waals surface area contributed by atoms with Gasteiger partial charge in [0.1, 0.15) is 5.84 Å². The van der Waals surface area contributed by atoms with Crippen LogP contribution in [0.5, 0.6) is 0 Å². The average Bonchev–Trinajstić information content (AvgIpc) is 2.55. The van der Waals surface area contributed by atoms with Gasteiger partial charge in [0.05, 0.1) is 11.3 Å². The Hall–Kier alpha value is -2.57. The topological polar surface area (TPSA) is 79.0 Å². The number of carbonyl (C=O) groups is 1. The van der Waals surface area contributed by atoms with Crippen LogP contribution in [0, 0.1) is 5.41 Å². The number of anilines is 1. The van der Waals surface area contributed by atoms with Gasteiger partial charge in [0.25, 0.3) is 0 Å². The standard InChI is InChI=1S/C18H22F3N3O/c1-3-5-8-13(18(19,20)21)11-15(16(25)4-2)24-14-9-6-7-12(10-14)17(22)23/h6-11,24H,3-5H2,1-2H3,(H3,22,23)/b13-8+,15-11-. The third-order valence-electron chi connectivity index (χ3n) is 3.35. The van der Waals surface area contributed by atoms with Crippen LogP contribution in [0.1, 0.15) is 38.7 Å². The maximum Gasteiger partial charge on any atom is 0.416 e. The van der Waals surface area contributed by atoms with Crippen molar-refractivity contribution in [2.75, 3.05) is 5.32 Å². The first-order valence-electron chi connectivity index (χ1n) is 7.92. The number of nitrogen functional groups attached to an aromatic ring is 1. The fourth-order valence-electron chi connectivity index (χ4n) is 2.01. The van der Waals surface area contributed by atoms with Crippen molar-refractivity contribution in [2.45, 2.75) is 39.3 Å². The first-order chi connectivity index (χ1) is 11.7. The zero-order valence-electron chi connectivity index (χ0n) is 14.2. The van der Waals surface area contributed by atoms with E-state index in [-0.39, 0.29) is 24.4 Å². The van der Waals surface area contributed by atoms with Gasteiger partial charge in [-0.3, -0.25) is 10.2 Å². The number of hydrogen-bond acceptors (Lipinski definition) is 3. The number of alkyl halides is 3. The maximum atomic E-state index is 13.2. The highest BCUT2D eigenvalue weighted by Gasteiger charge is 2.32. The minimum absolute atomic E-state index is 0.0597. The third-order valence-corrected chi connectivity index (χ3v) is 3.35. The van der Waals surface area contributed by atoms with E-state index in [9.17, 15) is 18.0 Å². The minimum atomic E-state index is -4.54. The van der Waals surface area contributed by atoms with Crippen LogP contribution in [0.25, 0.3) is 0 Å². The molecule has 7 heteroatoms. The first-order valence-corrected chi connectivity index (χ1v) is 7.92. The summed E-state index contributed by atoms with van der Waals surface area (Å²) in [5.41, 5.74) is 5.19. The Bertz CT molecular complexity index is 691. The van der Waals surface area contributed by atoms with Gasteiger partial charge >= 0.3 is 6.18 Å². The second-order valence-electron chi connectivity index (χ2n) is 5.40. The molecule has 0 saturated carbocycles. The molecule has 0 aliphatic heterocycles. The zero-order valence-corrected chi connectivity index (χ0v) is 14.2. The van der Waals surface area contributed by atoms with Gasteiger partial charge in [0.2, 0.25) is 0 Å². The summed E-state index contributed by atoms with van der Waals surface area (Å²) in [6.07, 6.45) is -1.74. The van der Waals surface area contributed by atoms with Crippen LogP contribution in [0.4, 0.5) is 18.9 Å². The highest BCUT2D eigenvalue weighted by atomic mass is 19.4. The van der Waals surface area contributed by atoms with Crippen molar-refractivity contribution in [3.63, 3.8) is 0 Å². The number of amidine groups is 1. The van der Waals surface area contributed by atoms with Crippen molar-refractivity contribution in [1.29, 1.82) is 5.41 Å². The number of allylic oxidation sites excluding steroid dienone is 4. The number of nitrogens with one attached hydrogen (secondary N) is 2. The van der Waals surface area contributed by atoms with E-state index >= 15 is 0 Å². The van der Waals surface area contributed by atoms with Crippen LogP contribution in [0.3, 0.4) is 0 Å². The third kappa shape index (κ3) is 6.45. The van der Waals surface area contributed by atoms with E-state index in [2.05, 4.69) is 5.32 Å². The van der Waals surface area contributed by atoms with Crippen LogP contribution < -0.4 is 11.1 Å². The summed E-state index contributed by atoms with van der Waals surface area (Å²) in [4.78, 5) is 12.1. The number of benzene rings is 1. The van der Waals surface area contributed by atoms with Gasteiger partial charge in [-0.25, -0.2) is 0 Å². The number of hydrogen-bond donors (Lipinski definition) is 3. The predicted octanol–water partition coefficient (Wildman–Crippen LogP) is 4.53. The Morgan fingerprint density at radius 3 is 2.52 bits per heavy atom. The summed E-state index contributed by atoms with van der Waals surface area (Å²) in [5, 5.41) is 10.1. The Balaban J connectivity index is 3.26. The second kappa shape index (κ2) is 9.05. The molecule has 1 aromatic rings. The number of nitrogens with two attached hydrogens (primary N) is 1. The van der Waals surface area contributed by atoms with Crippen LogP contribution >= 0.6 is 0 Å². The Labute approximate surface area is 145 Å². The highest BCUT2D eigenvalue weighted by molar-refractivity contribution is 5.99. The molecule has 25 heavy (non-hydrogen) atoms. The summed E-state index contributed by atoms with van der Waals surface area (Å²) < 4.78 is 39.5. The Morgan fingerprint density at radius 1 is 1.32 bits per heavy atom. The summed E-state index contributed by atoms with van der Waals surface area (Å²) in [6, 6.07) is 6.29. The quantitative estimate of drug-likeness (QED) is 0.278. The number of ketones is 1. The molecule has 0 saturated heterocycles. The lowest BCUT2D eigenvalue weighted by atomic mass is 10.1. The molecule has 0 heterocycles. The Kier molecular flexibility index (Phi) is 7.42. The predicted molar refractivity (Wildman–Crippen MR) is 93.5 cm³/mol. The van der Waals surface area contributed by atoms with Crippen molar-refractivity contribution in [3.8, 4) is 0 Å². The molecular weight excluding hydrogens is 331 g/mol. The van der Waals surface area contributed by atoms with Crippen LogP contribution in [0.2, 0.25) is 0 Å². The Morgan fingerprint density at radius 2 is 2.00 bits per heavy atom. The summed E-state index contributed by atoms with van der Waals surface area (Å²) in [7, 11) is 0. The van der Waals surface area contributed by atoms with Crippen LogP contribution in [0.15, 0.2) is 47.7 Å². The monoisotopic (exact) mass is 353 g/mol. The van der Waals surface area contributed by atoms with E-state index in [1.54, 1.807) is 32.0 Å². The SMILES string of the molecule is CCC/C=C(\C=C(/Nc1cccc(C(=N)N)c1)C(=O)CC)C(F)(F)F. The molecule has 0 spiro atoms. The molecule has 0 aliphatic carbocycles. The molecule has 0 bridgehead atoms. The van der Waals surface area contributed by atoms with Crippen LogP contribution in [-0.4, -0.2) is 17.8 Å². The van der Waals surface area contributed by atoms with Gasteiger partial charge in [-0.05, 0) is 24.6 Å². The number of halogens is 3. The van der Waals surface area contributed by atoms with E-state index in [1.165, 1.54) is 6.07 Å². The molecule has 136 valence electrons. The molecule has 0 aromatic heterocycles. The van der Waals surface area contributed by atoms with Gasteiger partial charge in [0.15, 0.2) is 5.78 Å². The molecule has 4 N–H and O–H groups in total.